The maximum Gasteiger partial charge on any atom is 0.258 e. The van der Waals surface area contributed by atoms with Crippen molar-refractivity contribution in [1.29, 1.82) is 0 Å². The predicted octanol–water partition coefficient (Wildman–Crippen LogP) is 5.35. The van der Waals surface area contributed by atoms with E-state index in [9.17, 15) is 4.79 Å². The summed E-state index contributed by atoms with van der Waals surface area (Å²) in [4.78, 5) is 12.6. The molecule has 138 valence electrons. The maximum absolute atomic E-state index is 12.6. The van der Waals surface area contributed by atoms with E-state index in [1.165, 1.54) is 0 Å². The summed E-state index contributed by atoms with van der Waals surface area (Å²) in [5.74, 6) is 0.533. The number of carbonyl (C=O) groups excluding carboxylic acids is 1. The second-order valence-electron chi connectivity index (χ2n) is 6.48. The lowest BCUT2D eigenvalue weighted by molar-refractivity contribution is -0.123. The van der Waals surface area contributed by atoms with E-state index in [2.05, 4.69) is 21.2 Å². The molecule has 3 aromatic carbocycles. The number of halogens is 1. The summed E-state index contributed by atoms with van der Waals surface area (Å²) >= 11 is 3.54. The number of hydrogen-bond donors (Lipinski definition) is 1. The van der Waals surface area contributed by atoms with Crippen LogP contribution in [0, 0.1) is 13.8 Å². The summed E-state index contributed by atoms with van der Waals surface area (Å²) in [5, 5.41) is 3.09. The topological polar surface area (TPSA) is 38.3 Å². The first-order chi connectivity index (χ1) is 13.0. The summed E-state index contributed by atoms with van der Waals surface area (Å²) < 4.78 is 6.79. The van der Waals surface area contributed by atoms with E-state index in [4.69, 9.17) is 4.74 Å². The van der Waals surface area contributed by atoms with Crippen molar-refractivity contribution in [1.82, 2.24) is 5.32 Å². The highest BCUT2D eigenvalue weighted by Gasteiger charge is 2.17. The second-order valence-corrected chi connectivity index (χ2v) is 7.27. The van der Waals surface area contributed by atoms with Crippen molar-refractivity contribution >= 4 is 21.8 Å². The Kier molecular flexibility index (Phi) is 6.30. The lowest BCUT2D eigenvalue weighted by atomic mass is 9.99. The van der Waals surface area contributed by atoms with E-state index >= 15 is 0 Å². The Balaban J connectivity index is 1.72. The van der Waals surface area contributed by atoms with Crippen molar-refractivity contribution in [2.24, 2.45) is 0 Å². The fourth-order valence-corrected chi connectivity index (χ4v) is 3.22. The van der Waals surface area contributed by atoms with Gasteiger partial charge in [-0.3, -0.25) is 4.79 Å². The van der Waals surface area contributed by atoms with Crippen LogP contribution in [0.3, 0.4) is 0 Å². The van der Waals surface area contributed by atoms with Gasteiger partial charge in [-0.05, 0) is 48.2 Å². The van der Waals surface area contributed by atoms with Crippen LogP contribution in [-0.2, 0) is 4.79 Å². The number of amides is 1. The molecule has 0 saturated carbocycles. The zero-order chi connectivity index (χ0) is 19.2. The molecule has 0 aliphatic rings. The molecule has 0 aromatic heterocycles. The Morgan fingerprint density at radius 1 is 0.926 bits per heavy atom. The van der Waals surface area contributed by atoms with Gasteiger partial charge >= 0.3 is 0 Å². The van der Waals surface area contributed by atoms with Gasteiger partial charge in [0.1, 0.15) is 5.75 Å². The van der Waals surface area contributed by atoms with E-state index in [1.54, 1.807) is 0 Å². The minimum atomic E-state index is -0.211. The molecule has 0 radical (unpaired) electrons. The predicted molar refractivity (Wildman–Crippen MR) is 112 cm³/mol. The van der Waals surface area contributed by atoms with E-state index in [1.807, 2.05) is 86.6 Å². The SMILES string of the molecule is Cc1cc(OCC(=O)NC(c2ccccc2)c2ccccc2)cc(C)c1Br. The van der Waals surface area contributed by atoms with Crippen LogP contribution in [0.5, 0.6) is 5.75 Å². The largest absolute Gasteiger partial charge is 0.484 e. The molecule has 3 nitrogen and oxygen atoms in total. The highest BCUT2D eigenvalue weighted by Crippen LogP contribution is 2.26. The van der Waals surface area contributed by atoms with E-state index < -0.39 is 0 Å². The Bertz CT molecular complexity index is 848. The molecular formula is C23H22BrNO2. The molecule has 4 heteroatoms. The molecule has 0 bridgehead atoms. The Labute approximate surface area is 168 Å². The number of nitrogens with one attached hydrogen (secondary N) is 1. The molecule has 3 rings (SSSR count). The summed E-state index contributed by atoms with van der Waals surface area (Å²) in [5.41, 5.74) is 4.23. The van der Waals surface area contributed by atoms with Crippen molar-refractivity contribution in [3.63, 3.8) is 0 Å². The van der Waals surface area contributed by atoms with Crippen molar-refractivity contribution in [2.45, 2.75) is 19.9 Å². The highest BCUT2D eigenvalue weighted by molar-refractivity contribution is 9.10. The summed E-state index contributed by atoms with van der Waals surface area (Å²) in [6.45, 7) is 3.98. The van der Waals surface area contributed by atoms with Gasteiger partial charge in [0.05, 0.1) is 6.04 Å². The quantitative estimate of drug-likeness (QED) is 0.579. The van der Waals surface area contributed by atoms with Gasteiger partial charge in [-0.25, -0.2) is 0 Å². The number of carbonyl (C=O) groups is 1. The summed E-state index contributed by atoms with van der Waals surface area (Å²) in [7, 11) is 0. The fourth-order valence-electron chi connectivity index (χ4n) is 2.99. The smallest absolute Gasteiger partial charge is 0.258 e. The number of benzene rings is 3. The monoisotopic (exact) mass is 423 g/mol. The molecule has 0 fully saturated rings. The molecule has 0 unspecified atom stereocenters. The molecule has 0 heterocycles. The normalized spacial score (nSPS) is 10.7. The number of ether oxygens (including phenoxy) is 1. The average Bonchev–Trinajstić information content (AvgIpc) is 2.70. The van der Waals surface area contributed by atoms with Gasteiger partial charge in [-0.2, -0.15) is 0 Å². The summed E-state index contributed by atoms with van der Waals surface area (Å²) in [6, 6.07) is 23.5. The van der Waals surface area contributed by atoms with Crippen LogP contribution in [0.25, 0.3) is 0 Å². The van der Waals surface area contributed by atoms with Crippen molar-refractivity contribution in [3.8, 4) is 5.75 Å². The molecule has 0 aliphatic heterocycles. The van der Waals surface area contributed by atoms with Crippen LogP contribution in [0.4, 0.5) is 0 Å². The third kappa shape index (κ3) is 4.98. The van der Waals surface area contributed by atoms with Gasteiger partial charge in [0.2, 0.25) is 0 Å². The molecule has 3 aromatic rings. The fraction of sp³-hybridized carbons (Fsp3) is 0.174. The standard InChI is InChI=1S/C23H22BrNO2/c1-16-13-20(14-17(2)22(16)24)27-15-21(26)25-23(18-9-5-3-6-10-18)19-11-7-4-8-12-19/h3-14,23H,15H2,1-2H3,(H,25,26). The van der Waals surface area contributed by atoms with E-state index in [0.29, 0.717) is 5.75 Å². The molecule has 0 spiro atoms. The first-order valence-corrected chi connectivity index (χ1v) is 9.62. The third-order valence-electron chi connectivity index (χ3n) is 4.35. The first-order valence-electron chi connectivity index (χ1n) is 8.83. The lowest BCUT2D eigenvalue weighted by Gasteiger charge is -2.20. The van der Waals surface area contributed by atoms with E-state index in [0.717, 1.165) is 26.7 Å². The molecule has 0 aliphatic carbocycles. The molecule has 0 atom stereocenters. The third-order valence-corrected chi connectivity index (χ3v) is 5.60. The Morgan fingerprint density at radius 2 is 1.41 bits per heavy atom. The van der Waals surface area contributed by atoms with Gasteiger partial charge in [-0.1, -0.05) is 76.6 Å². The minimum absolute atomic E-state index is 0.0311. The van der Waals surface area contributed by atoms with Gasteiger partial charge in [0, 0.05) is 4.47 Å². The van der Waals surface area contributed by atoms with Crippen LogP contribution in [0.15, 0.2) is 77.3 Å². The zero-order valence-electron chi connectivity index (χ0n) is 15.4. The van der Waals surface area contributed by atoms with Crippen LogP contribution >= 0.6 is 15.9 Å². The minimum Gasteiger partial charge on any atom is -0.484 e. The number of aryl methyl sites for hydroxylation is 2. The molecule has 0 saturated heterocycles. The van der Waals surface area contributed by atoms with Gasteiger partial charge in [0.15, 0.2) is 6.61 Å². The highest BCUT2D eigenvalue weighted by atomic mass is 79.9. The number of hydrogen-bond acceptors (Lipinski definition) is 2. The van der Waals surface area contributed by atoms with Crippen molar-refractivity contribution < 1.29 is 9.53 Å². The first kappa shape index (κ1) is 19.2. The van der Waals surface area contributed by atoms with Gasteiger partial charge < -0.3 is 10.1 Å². The van der Waals surface area contributed by atoms with Gasteiger partial charge in [-0.15, -0.1) is 0 Å². The van der Waals surface area contributed by atoms with Gasteiger partial charge in [0.25, 0.3) is 5.91 Å². The van der Waals surface area contributed by atoms with Crippen LogP contribution in [-0.4, -0.2) is 12.5 Å². The zero-order valence-corrected chi connectivity index (χ0v) is 17.0. The van der Waals surface area contributed by atoms with Crippen molar-refractivity contribution in [3.05, 3.63) is 99.5 Å². The lowest BCUT2D eigenvalue weighted by Crippen LogP contribution is -2.33. The summed E-state index contributed by atoms with van der Waals surface area (Å²) in [6.07, 6.45) is 0. The molecule has 1 N–H and O–H groups in total. The molecule has 1 amide bonds. The van der Waals surface area contributed by atoms with E-state index in [-0.39, 0.29) is 18.6 Å². The number of rotatable bonds is 6. The maximum atomic E-state index is 12.6. The van der Waals surface area contributed by atoms with Crippen LogP contribution in [0.1, 0.15) is 28.3 Å². The van der Waals surface area contributed by atoms with Crippen LogP contribution < -0.4 is 10.1 Å². The van der Waals surface area contributed by atoms with Crippen LogP contribution in [0.2, 0.25) is 0 Å². The molecule has 27 heavy (non-hydrogen) atoms. The van der Waals surface area contributed by atoms with Crippen molar-refractivity contribution in [2.75, 3.05) is 6.61 Å². The Hall–Kier alpha value is -2.59. The molecular weight excluding hydrogens is 402 g/mol. The Morgan fingerprint density at radius 3 is 1.89 bits per heavy atom. The average molecular weight is 424 g/mol. The second kappa shape index (κ2) is 8.87.